The summed E-state index contributed by atoms with van der Waals surface area (Å²) >= 11 is 0. The largest absolute Gasteiger partial charge is 0.334 e. The summed E-state index contributed by atoms with van der Waals surface area (Å²) in [6.45, 7) is 2.21. The van der Waals surface area contributed by atoms with Crippen LogP contribution < -0.4 is 0 Å². The maximum atomic E-state index is 2.30. The van der Waals surface area contributed by atoms with Gasteiger partial charge in [0.2, 0.25) is 0 Å². The predicted octanol–water partition coefficient (Wildman–Crippen LogP) is 4.65. The molecule has 2 aromatic carbocycles. The monoisotopic (exact) mass is 274 g/mol. The highest BCUT2D eigenvalue weighted by atomic mass is 15.1. The highest BCUT2D eigenvalue weighted by molar-refractivity contribution is 6.15. The third-order valence-corrected chi connectivity index (χ3v) is 4.57. The molecule has 0 N–H and O–H groups in total. The highest BCUT2D eigenvalue weighted by Crippen LogP contribution is 2.39. The van der Waals surface area contributed by atoms with E-state index in [4.69, 9.17) is 0 Å². The van der Waals surface area contributed by atoms with Gasteiger partial charge in [0.15, 0.2) is 0 Å². The van der Waals surface area contributed by atoms with Crippen molar-refractivity contribution < 1.29 is 0 Å². The zero-order valence-corrected chi connectivity index (χ0v) is 12.6. The Labute approximate surface area is 124 Å². The molecule has 0 unspecified atom stereocenters. The van der Waals surface area contributed by atoms with Gasteiger partial charge in [-0.15, -0.1) is 0 Å². The third-order valence-electron chi connectivity index (χ3n) is 4.57. The molecule has 0 fully saturated rings. The van der Waals surface area contributed by atoms with E-state index in [0.29, 0.717) is 0 Å². The number of benzene rings is 2. The molecule has 4 rings (SSSR count). The molecule has 0 aliphatic heterocycles. The number of nitrogens with zero attached hydrogens (tertiary/aromatic N) is 2. The van der Waals surface area contributed by atoms with E-state index in [0.717, 1.165) is 0 Å². The van der Waals surface area contributed by atoms with Gasteiger partial charge in [-0.05, 0) is 18.6 Å². The Morgan fingerprint density at radius 3 is 2.19 bits per heavy atom. The fourth-order valence-electron chi connectivity index (χ4n) is 3.48. The molecule has 0 amide bonds. The Bertz CT molecular complexity index is 956. The van der Waals surface area contributed by atoms with Gasteiger partial charge in [0, 0.05) is 36.1 Å². The first kappa shape index (κ1) is 12.3. The van der Waals surface area contributed by atoms with Crippen molar-refractivity contribution in [2.75, 3.05) is 0 Å². The Kier molecular flexibility index (Phi) is 2.49. The minimum atomic E-state index is 1.28. The molecular weight excluding hydrogens is 256 g/mol. The van der Waals surface area contributed by atoms with Crippen molar-refractivity contribution in [3.8, 4) is 11.1 Å². The van der Waals surface area contributed by atoms with Crippen LogP contribution in [0.3, 0.4) is 0 Å². The molecule has 21 heavy (non-hydrogen) atoms. The van der Waals surface area contributed by atoms with Crippen LogP contribution >= 0.6 is 0 Å². The Morgan fingerprint density at radius 2 is 1.43 bits per heavy atom. The van der Waals surface area contributed by atoms with E-state index in [2.05, 4.69) is 84.8 Å². The summed E-state index contributed by atoms with van der Waals surface area (Å²) in [6.07, 6.45) is 0. The summed E-state index contributed by atoms with van der Waals surface area (Å²) < 4.78 is 4.60. The number of hydrogen-bond acceptors (Lipinski definition) is 0. The molecule has 0 aliphatic carbocycles. The van der Waals surface area contributed by atoms with Crippen molar-refractivity contribution in [1.82, 2.24) is 9.13 Å². The Hall–Kier alpha value is -2.48. The van der Waals surface area contributed by atoms with E-state index in [9.17, 15) is 0 Å². The van der Waals surface area contributed by atoms with Crippen LogP contribution in [0.15, 0.2) is 54.6 Å². The lowest BCUT2D eigenvalue weighted by Gasteiger charge is -2.05. The number of fused-ring (bicyclic) bond motifs is 3. The standard InChI is InChI=1S/C19H18N2/c1-13-17(14-9-5-4-6-10-14)18-15-11-7-8-12-16(15)21(3)19(18)20(13)2/h4-12H,1-3H3. The molecule has 104 valence electrons. The van der Waals surface area contributed by atoms with Gasteiger partial charge in [-0.25, -0.2) is 0 Å². The summed E-state index contributed by atoms with van der Waals surface area (Å²) in [5, 5.41) is 2.69. The van der Waals surface area contributed by atoms with Crippen molar-refractivity contribution in [2.45, 2.75) is 6.92 Å². The average Bonchev–Trinajstić information content (AvgIpc) is 2.95. The number of rotatable bonds is 1. The Morgan fingerprint density at radius 1 is 0.762 bits per heavy atom. The van der Waals surface area contributed by atoms with Gasteiger partial charge in [-0.3, -0.25) is 0 Å². The van der Waals surface area contributed by atoms with Crippen LogP contribution in [-0.2, 0) is 14.1 Å². The van der Waals surface area contributed by atoms with Crippen LogP contribution in [-0.4, -0.2) is 9.13 Å². The van der Waals surface area contributed by atoms with Gasteiger partial charge < -0.3 is 9.13 Å². The van der Waals surface area contributed by atoms with Crippen LogP contribution in [0.2, 0.25) is 0 Å². The zero-order chi connectivity index (χ0) is 14.6. The van der Waals surface area contributed by atoms with Crippen molar-refractivity contribution in [3.05, 3.63) is 60.3 Å². The lowest BCUT2D eigenvalue weighted by Crippen LogP contribution is -1.97. The molecule has 0 bridgehead atoms. The second-order valence-electron chi connectivity index (χ2n) is 5.66. The molecule has 0 aliphatic rings. The first-order valence-corrected chi connectivity index (χ1v) is 7.28. The lowest BCUT2D eigenvalue weighted by molar-refractivity contribution is 0.857. The van der Waals surface area contributed by atoms with E-state index in [1.54, 1.807) is 0 Å². The summed E-state index contributed by atoms with van der Waals surface area (Å²) in [5.41, 5.74) is 6.53. The predicted molar refractivity (Wildman–Crippen MR) is 89.6 cm³/mol. The second kappa shape index (κ2) is 4.26. The van der Waals surface area contributed by atoms with Gasteiger partial charge >= 0.3 is 0 Å². The van der Waals surface area contributed by atoms with Crippen LogP contribution in [0, 0.1) is 6.92 Å². The van der Waals surface area contributed by atoms with Gasteiger partial charge in [0.25, 0.3) is 0 Å². The third kappa shape index (κ3) is 1.53. The molecule has 2 heteroatoms. The van der Waals surface area contributed by atoms with Gasteiger partial charge in [-0.1, -0.05) is 48.5 Å². The van der Waals surface area contributed by atoms with Gasteiger partial charge in [0.1, 0.15) is 5.65 Å². The SMILES string of the molecule is Cc1c(-c2ccccc2)c2c3ccccc3n(C)c2n1C. The first-order valence-electron chi connectivity index (χ1n) is 7.28. The van der Waals surface area contributed by atoms with Crippen molar-refractivity contribution in [3.63, 3.8) is 0 Å². The van der Waals surface area contributed by atoms with Crippen molar-refractivity contribution >= 4 is 21.9 Å². The number of para-hydroxylation sites is 1. The molecular formula is C19H18N2. The minimum absolute atomic E-state index is 1.28. The molecule has 2 aromatic heterocycles. The molecule has 2 heterocycles. The van der Waals surface area contributed by atoms with Crippen LogP contribution in [0.4, 0.5) is 0 Å². The first-order chi connectivity index (χ1) is 10.2. The van der Waals surface area contributed by atoms with E-state index in [-0.39, 0.29) is 0 Å². The summed E-state index contributed by atoms with van der Waals surface area (Å²) in [7, 11) is 4.31. The zero-order valence-electron chi connectivity index (χ0n) is 12.6. The number of aromatic nitrogens is 2. The van der Waals surface area contributed by atoms with Gasteiger partial charge in [-0.2, -0.15) is 0 Å². The van der Waals surface area contributed by atoms with E-state index in [1.165, 1.54) is 38.8 Å². The normalized spacial score (nSPS) is 11.6. The second-order valence-corrected chi connectivity index (χ2v) is 5.66. The highest BCUT2D eigenvalue weighted by Gasteiger charge is 2.19. The van der Waals surface area contributed by atoms with Crippen LogP contribution in [0.25, 0.3) is 33.1 Å². The maximum absolute atomic E-state index is 2.30. The Balaban J connectivity index is 2.26. The fourth-order valence-corrected chi connectivity index (χ4v) is 3.48. The molecule has 0 saturated heterocycles. The lowest BCUT2D eigenvalue weighted by atomic mass is 10.0. The van der Waals surface area contributed by atoms with E-state index >= 15 is 0 Å². The van der Waals surface area contributed by atoms with E-state index < -0.39 is 0 Å². The number of hydrogen-bond donors (Lipinski definition) is 0. The van der Waals surface area contributed by atoms with Crippen LogP contribution in [0.5, 0.6) is 0 Å². The molecule has 4 aromatic rings. The van der Waals surface area contributed by atoms with Crippen LogP contribution in [0.1, 0.15) is 5.69 Å². The minimum Gasteiger partial charge on any atom is -0.334 e. The van der Waals surface area contributed by atoms with E-state index in [1.807, 2.05) is 0 Å². The maximum Gasteiger partial charge on any atom is 0.121 e. The quantitative estimate of drug-likeness (QED) is 0.478. The summed E-state index contributed by atoms with van der Waals surface area (Å²) in [4.78, 5) is 0. The molecule has 0 radical (unpaired) electrons. The van der Waals surface area contributed by atoms with Crippen molar-refractivity contribution in [2.24, 2.45) is 14.1 Å². The smallest absolute Gasteiger partial charge is 0.121 e. The molecule has 2 nitrogen and oxygen atoms in total. The number of aryl methyl sites for hydroxylation is 2. The molecule has 0 spiro atoms. The topological polar surface area (TPSA) is 9.86 Å². The summed E-state index contributed by atoms with van der Waals surface area (Å²) in [5.74, 6) is 0. The van der Waals surface area contributed by atoms with Gasteiger partial charge in [0.05, 0.1) is 5.52 Å². The van der Waals surface area contributed by atoms with Crippen molar-refractivity contribution in [1.29, 1.82) is 0 Å². The molecule has 0 atom stereocenters. The fraction of sp³-hybridized carbons (Fsp3) is 0.158. The molecule has 0 saturated carbocycles. The summed E-state index contributed by atoms with van der Waals surface area (Å²) in [6, 6.07) is 19.3. The average molecular weight is 274 g/mol.